The molecule has 0 fully saturated rings. The normalized spacial score (nSPS) is 14.4. The molecule has 0 saturated heterocycles. The molecule has 0 N–H and O–H groups in total. The van der Waals surface area contributed by atoms with Gasteiger partial charge in [0.1, 0.15) is 0 Å². The van der Waals surface area contributed by atoms with E-state index in [1.165, 1.54) is 7.11 Å². The average molecular weight is 306 g/mol. The second kappa shape index (κ2) is 3.90. The maximum absolute atomic E-state index is 12.1. The van der Waals surface area contributed by atoms with Crippen molar-refractivity contribution in [3.8, 4) is 0 Å². The number of halogens is 1. The zero-order valence-corrected chi connectivity index (χ0v) is 11.0. The van der Waals surface area contributed by atoms with Crippen LogP contribution in [-0.2, 0) is 4.84 Å². The van der Waals surface area contributed by atoms with Crippen LogP contribution in [0.15, 0.2) is 34.8 Å². The summed E-state index contributed by atoms with van der Waals surface area (Å²) in [6, 6.07) is 8.84. The van der Waals surface area contributed by atoms with Crippen LogP contribution in [0.4, 0.5) is 0 Å². The Kier molecular flexibility index (Phi) is 2.46. The minimum atomic E-state index is -0.432. The lowest BCUT2D eigenvalue weighted by Crippen LogP contribution is -2.39. The summed E-state index contributed by atoms with van der Waals surface area (Å²) in [5.41, 5.74) is 0.954. The lowest BCUT2D eigenvalue weighted by atomic mass is 9.95. The molecule has 0 aromatic heterocycles. The van der Waals surface area contributed by atoms with Crippen molar-refractivity contribution in [1.29, 1.82) is 0 Å². The molecule has 1 aliphatic rings. The Labute approximate surface area is 111 Å². The zero-order valence-electron chi connectivity index (χ0n) is 9.44. The van der Waals surface area contributed by atoms with E-state index in [4.69, 9.17) is 4.84 Å². The molecule has 2 amide bonds. The monoisotopic (exact) mass is 305 g/mol. The van der Waals surface area contributed by atoms with Gasteiger partial charge in [0.25, 0.3) is 11.8 Å². The number of amides is 2. The number of rotatable bonds is 1. The standard InChI is InChI=1S/C13H8BrNO3/c1-18-15-12(16)8-4-2-3-7-10(14)6-5-9(11(7)8)13(15)17/h2-6H,1H3. The molecule has 2 aromatic rings. The van der Waals surface area contributed by atoms with Gasteiger partial charge in [0.15, 0.2) is 0 Å². The molecule has 0 unspecified atom stereocenters. The fourth-order valence-corrected chi connectivity index (χ4v) is 2.67. The number of hydrogen-bond donors (Lipinski definition) is 0. The van der Waals surface area contributed by atoms with Crippen molar-refractivity contribution < 1.29 is 14.4 Å². The van der Waals surface area contributed by atoms with Crippen LogP contribution in [0.3, 0.4) is 0 Å². The third-order valence-electron chi connectivity index (χ3n) is 3.00. The molecule has 4 nitrogen and oxygen atoms in total. The van der Waals surface area contributed by atoms with Crippen molar-refractivity contribution in [2.45, 2.75) is 0 Å². The van der Waals surface area contributed by atoms with Gasteiger partial charge < -0.3 is 0 Å². The van der Waals surface area contributed by atoms with Crippen molar-refractivity contribution in [1.82, 2.24) is 5.06 Å². The highest BCUT2D eigenvalue weighted by Crippen LogP contribution is 2.34. The smallest absolute Gasteiger partial charge is 0.266 e. The number of carbonyl (C=O) groups is 2. The van der Waals surface area contributed by atoms with Crippen LogP contribution in [0.5, 0.6) is 0 Å². The Morgan fingerprint density at radius 2 is 1.72 bits per heavy atom. The molecule has 3 rings (SSSR count). The molecule has 90 valence electrons. The summed E-state index contributed by atoms with van der Waals surface area (Å²) in [6.07, 6.45) is 0. The Balaban J connectivity index is 2.46. The molecule has 5 heteroatoms. The molecule has 0 aliphatic carbocycles. The largest absolute Gasteiger partial charge is 0.285 e. The van der Waals surface area contributed by atoms with E-state index in [2.05, 4.69) is 15.9 Å². The van der Waals surface area contributed by atoms with E-state index >= 15 is 0 Å². The van der Waals surface area contributed by atoms with E-state index in [-0.39, 0.29) is 0 Å². The van der Waals surface area contributed by atoms with Gasteiger partial charge in [0.2, 0.25) is 0 Å². The number of nitrogens with zero attached hydrogens (tertiary/aromatic N) is 1. The number of benzene rings is 2. The van der Waals surface area contributed by atoms with E-state index in [9.17, 15) is 9.59 Å². The quantitative estimate of drug-likeness (QED) is 0.761. The Morgan fingerprint density at radius 3 is 2.39 bits per heavy atom. The summed E-state index contributed by atoms with van der Waals surface area (Å²) in [5.74, 6) is -0.864. The van der Waals surface area contributed by atoms with Crippen LogP contribution in [0.2, 0.25) is 0 Å². The Bertz CT molecular complexity index is 674. The summed E-state index contributed by atoms with van der Waals surface area (Å²) in [5, 5.41) is 2.31. The first kappa shape index (κ1) is 11.4. The lowest BCUT2D eigenvalue weighted by Gasteiger charge is -2.24. The SMILES string of the molecule is CON1C(=O)c2cccc3c(Br)ccc(c23)C1=O. The van der Waals surface area contributed by atoms with E-state index in [0.717, 1.165) is 14.9 Å². The molecule has 1 heterocycles. The first-order valence-corrected chi connectivity index (χ1v) is 6.08. The fourth-order valence-electron chi connectivity index (χ4n) is 2.20. The second-order valence-electron chi connectivity index (χ2n) is 3.91. The first-order valence-electron chi connectivity index (χ1n) is 5.29. The Morgan fingerprint density at radius 1 is 1.06 bits per heavy atom. The molecule has 2 aromatic carbocycles. The topological polar surface area (TPSA) is 46.6 Å². The van der Waals surface area contributed by atoms with Crippen molar-refractivity contribution in [3.05, 3.63) is 45.9 Å². The highest BCUT2D eigenvalue weighted by molar-refractivity contribution is 9.10. The van der Waals surface area contributed by atoms with Gasteiger partial charge in [0, 0.05) is 9.86 Å². The highest BCUT2D eigenvalue weighted by atomic mass is 79.9. The van der Waals surface area contributed by atoms with Crippen LogP contribution in [-0.4, -0.2) is 24.0 Å². The first-order chi connectivity index (χ1) is 8.65. The van der Waals surface area contributed by atoms with Gasteiger partial charge >= 0.3 is 0 Å². The van der Waals surface area contributed by atoms with Crippen LogP contribution < -0.4 is 0 Å². The van der Waals surface area contributed by atoms with Crippen LogP contribution in [0, 0.1) is 0 Å². The number of imide groups is 1. The van der Waals surface area contributed by atoms with Crippen LogP contribution in [0.1, 0.15) is 20.7 Å². The fraction of sp³-hybridized carbons (Fsp3) is 0.0769. The molecule has 0 spiro atoms. The third-order valence-corrected chi connectivity index (χ3v) is 3.69. The summed E-state index contributed by atoms with van der Waals surface area (Å²) < 4.78 is 0.856. The molecule has 0 atom stereocenters. The lowest BCUT2D eigenvalue weighted by molar-refractivity contribution is -0.0689. The van der Waals surface area contributed by atoms with Gasteiger partial charge in [-0.25, -0.2) is 0 Å². The summed E-state index contributed by atoms with van der Waals surface area (Å²) in [6.45, 7) is 0. The van der Waals surface area contributed by atoms with Crippen LogP contribution in [0.25, 0.3) is 10.8 Å². The maximum Gasteiger partial charge on any atom is 0.285 e. The number of hydrogen-bond acceptors (Lipinski definition) is 3. The zero-order chi connectivity index (χ0) is 12.9. The molecule has 0 saturated carbocycles. The predicted molar refractivity (Wildman–Crippen MR) is 69.2 cm³/mol. The molecular formula is C13H8BrNO3. The van der Waals surface area contributed by atoms with Crippen molar-refractivity contribution in [2.75, 3.05) is 7.11 Å². The maximum atomic E-state index is 12.1. The highest BCUT2D eigenvalue weighted by Gasteiger charge is 2.33. The summed E-state index contributed by atoms with van der Waals surface area (Å²) in [4.78, 5) is 29.1. The number of hydroxylamine groups is 2. The van der Waals surface area contributed by atoms with Crippen molar-refractivity contribution in [2.24, 2.45) is 0 Å². The molecular weight excluding hydrogens is 298 g/mol. The molecule has 0 bridgehead atoms. The van der Waals surface area contributed by atoms with Crippen molar-refractivity contribution in [3.63, 3.8) is 0 Å². The van der Waals surface area contributed by atoms with Gasteiger partial charge in [0.05, 0.1) is 18.2 Å². The van der Waals surface area contributed by atoms with E-state index in [0.29, 0.717) is 16.5 Å². The van der Waals surface area contributed by atoms with Crippen molar-refractivity contribution >= 4 is 38.5 Å². The summed E-state index contributed by atoms with van der Waals surface area (Å²) >= 11 is 3.42. The van der Waals surface area contributed by atoms with Gasteiger partial charge in [-0.2, -0.15) is 0 Å². The van der Waals surface area contributed by atoms with Gasteiger partial charge in [-0.3, -0.25) is 14.4 Å². The second-order valence-corrected chi connectivity index (χ2v) is 4.76. The number of carbonyl (C=O) groups excluding carboxylic acids is 2. The van der Waals surface area contributed by atoms with Gasteiger partial charge in [-0.15, -0.1) is 5.06 Å². The van der Waals surface area contributed by atoms with E-state index in [1.54, 1.807) is 24.3 Å². The molecule has 0 radical (unpaired) electrons. The Hall–Kier alpha value is -1.72. The third kappa shape index (κ3) is 1.34. The van der Waals surface area contributed by atoms with Gasteiger partial charge in [-0.1, -0.05) is 28.1 Å². The molecule has 18 heavy (non-hydrogen) atoms. The minimum absolute atomic E-state index is 0.432. The van der Waals surface area contributed by atoms with E-state index in [1.807, 2.05) is 6.07 Å². The van der Waals surface area contributed by atoms with Gasteiger partial charge in [-0.05, 0) is 23.6 Å². The predicted octanol–water partition coefficient (Wildman–Crippen LogP) is 2.76. The minimum Gasteiger partial charge on any atom is -0.266 e. The van der Waals surface area contributed by atoms with E-state index < -0.39 is 11.8 Å². The molecule has 1 aliphatic heterocycles. The summed E-state index contributed by atoms with van der Waals surface area (Å²) in [7, 11) is 1.31. The van der Waals surface area contributed by atoms with Crippen LogP contribution >= 0.6 is 15.9 Å². The average Bonchev–Trinajstić information content (AvgIpc) is 2.38.